The standard InChI is InChI=1S/C26H13F3N2O2/c1-2-17-21(28)7-6-13-9-16(32)10-19(23(13)17)26-24(29)18-11-22(33)31-25(20(18)12-30-26)14-4-3-5-15(27)8-14/h1,3-12,32H,(H,31,33). The lowest BCUT2D eigenvalue weighted by Gasteiger charge is -2.13. The molecule has 0 atom stereocenters. The van der Waals surface area contributed by atoms with Gasteiger partial charge in [-0.05, 0) is 35.7 Å². The number of halogens is 3. The molecule has 2 heterocycles. The summed E-state index contributed by atoms with van der Waals surface area (Å²) in [5.74, 6) is 0.0116. The van der Waals surface area contributed by atoms with Crippen molar-refractivity contribution in [2.75, 3.05) is 0 Å². The van der Waals surface area contributed by atoms with Gasteiger partial charge in [-0.15, -0.1) is 6.42 Å². The second-order valence-corrected chi connectivity index (χ2v) is 7.43. The molecule has 0 aliphatic rings. The summed E-state index contributed by atoms with van der Waals surface area (Å²) in [7, 11) is 0. The minimum Gasteiger partial charge on any atom is -0.508 e. The Kier molecular flexibility index (Phi) is 4.64. The van der Waals surface area contributed by atoms with Crippen molar-refractivity contribution in [3.05, 3.63) is 94.2 Å². The SMILES string of the molecule is C#Cc1c(F)ccc2cc(O)cc(-c3ncc4c(-c5cccc(F)c5)[nH]c(=O)cc4c3F)c12. The highest BCUT2D eigenvalue weighted by Gasteiger charge is 2.20. The number of nitrogens with zero attached hydrogens (tertiary/aromatic N) is 1. The van der Waals surface area contributed by atoms with Crippen LogP contribution in [0.5, 0.6) is 5.75 Å². The van der Waals surface area contributed by atoms with Gasteiger partial charge < -0.3 is 10.1 Å². The molecule has 0 amide bonds. The highest BCUT2D eigenvalue weighted by molar-refractivity contribution is 6.03. The average Bonchev–Trinajstić information content (AvgIpc) is 2.79. The smallest absolute Gasteiger partial charge is 0.249 e. The minimum absolute atomic E-state index is 0.0711. The van der Waals surface area contributed by atoms with Crippen LogP contribution in [0.2, 0.25) is 0 Å². The first-order valence-electron chi connectivity index (χ1n) is 9.77. The van der Waals surface area contributed by atoms with Crippen molar-refractivity contribution in [1.29, 1.82) is 0 Å². The number of fused-ring (bicyclic) bond motifs is 2. The first-order chi connectivity index (χ1) is 15.9. The summed E-state index contributed by atoms with van der Waals surface area (Å²) in [6.45, 7) is 0. The molecule has 160 valence electrons. The predicted molar refractivity (Wildman–Crippen MR) is 120 cm³/mol. The number of aromatic amines is 1. The van der Waals surface area contributed by atoms with E-state index in [0.717, 1.165) is 12.1 Å². The Morgan fingerprint density at radius 3 is 2.58 bits per heavy atom. The lowest BCUT2D eigenvalue weighted by molar-refractivity contribution is 0.476. The van der Waals surface area contributed by atoms with Crippen molar-refractivity contribution in [3.63, 3.8) is 0 Å². The highest BCUT2D eigenvalue weighted by atomic mass is 19.1. The molecule has 0 aliphatic heterocycles. The highest BCUT2D eigenvalue weighted by Crippen LogP contribution is 2.38. The molecule has 0 bridgehead atoms. The number of pyridine rings is 2. The quantitative estimate of drug-likeness (QED) is 0.354. The Morgan fingerprint density at radius 2 is 1.82 bits per heavy atom. The number of phenolic OH excluding ortho intramolecular Hbond substituents is 1. The van der Waals surface area contributed by atoms with Crippen molar-refractivity contribution in [1.82, 2.24) is 9.97 Å². The van der Waals surface area contributed by atoms with E-state index in [-0.39, 0.29) is 44.4 Å². The van der Waals surface area contributed by atoms with E-state index in [9.17, 15) is 18.7 Å². The van der Waals surface area contributed by atoms with Crippen molar-refractivity contribution in [2.45, 2.75) is 0 Å². The maximum Gasteiger partial charge on any atom is 0.249 e. The molecular weight excluding hydrogens is 429 g/mol. The molecule has 33 heavy (non-hydrogen) atoms. The first kappa shape index (κ1) is 20.3. The van der Waals surface area contributed by atoms with E-state index >= 15 is 4.39 Å². The number of terminal acetylenes is 1. The van der Waals surface area contributed by atoms with E-state index in [0.29, 0.717) is 10.9 Å². The molecule has 0 unspecified atom stereocenters. The van der Waals surface area contributed by atoms with Gasteiger partial charge in [0.2, 0.25) is 5.56 Å². The normalized spacial score (nSPS) is 11.1. The molecule has 0 saturated carbocycles. The Bertz CT molecular complexity index is 1700. The Labute approximate surface area is 185 Å². The molecule has 0 fully saturated rings. The van der Waals surface area contributed by atoms with Crippen LogP contribution in [-0.4, -0.2) is 15.1 Å². The summed E-state index contributed by atoms with van der Waals surface area (Å²) in [4.78, 5) is 19.1. The van der Waals surface area contributed by atoms with Gasteiger partial charge in [-0.25, -0.2) is 13.2 Å². The molecule has 4 nitrogen and oxygen atoms in total. The number of hydrogen-bond donors (Lipinski definition) is 2. The van der Waals surface area contributed by atoms with Crippen LogP contribution in [0.25, 0.3) is 44.1 Å². The summed E-state index contributed by atoms with van der Waals surface area (Å²) in [5.41, 5.74) is -0.313. The van der Waals surface area contributed by atoms with Gasteiger partial charge in [-0.3, -0.25) is 9.78 Å². The molecule has 5 aromatic rings. The largest absolute Gasteiger partial charge is 0.508 e. The van der Waals surface area contributed by atoms with E-state index < -0.39 is 23.0 Å². The van der Waals surface area contributed by atoms with E-state index in [2.05, 4.69) is 15.9 Å². The summed E-state index contributed by atoms with van der Waals surface area (Å²) in [5, 5.41) is 11.0. The minimum atomic E-state index is -0.865. The van der Waals surface area contributed by atoms with Crippen LogP contribution in [0.4, 0.5) is 13.2 Å². The zero-order valence-electron chi connectivity index (χ0n) is 16.8. The molecule has 2 aromatic heterocycles. The lowest BCUT2D eigenvalue weighted by atomic mass is 9.95. The zero-order chi connectivity index (χ0) is 23.3. The van der Waals surface area contributed by atoms with Gasteiger partial charge >= 0.3 is 0 Å². The molecule has 5 rings (SSSR count). The van der Waals surface area contributed by atoms with Crippen LogP contribution in [0, 0.1) is 29.8 Å². The number of benzene rings is 3. The third-order valence-corrected chi connectivity index (χ3v) is 5.41. The maximum atomic E-state index is 15.8. The first-order valence-corrected chi connectivity index (χ1v) is 9.77. The van der Waals surface area contributed by atoms with E-state index in [1.165, 1.54) is 42.6 Å². The topological polar surface area (TPSA) is 66.0 Å². The van der Waals surface area contributed by atoms with E-state index in [1.54, 1.807) is 6.07 Å². The van der Waals surface area contributed by atoms with Crippen molar-refractivity contribution < 1.29 is 18.3 Å². The zero-order valence-corrected chi connectivity index (χ0v) is 16.8. The van der Waals surface area contributed by atoms with Crippen LogP contribution in [0.15, 0.2) is 65.6 Å². The second kappa shape index (κ2) is 7.53. The second-order valence-electron chi connectivity index (χ2n) is 7.43. The number of aromatic nitrogens is 2. The molecule has 3 aromatic carbocycles. The monoisotopic (exact) mass is 442 g/mol. The summed E-state index contributed by atoms with van der Waals surface area (Å²) in [6, 6.07) is 11.8. The van der Waals surface area contributed by atoms with Crippen molar-refractivity contribution in [3.8, 4) is 40.6 Å². The van der Waals surface area contributed by atoms with Gasteiger partial charge in [-0.1, -0.05) is 24.1 Å². The van der Waals surface area contributed by atoms with Gasteiger partial charge in [-0.2, -0.15) is 0 Å². The molecule has 0 radical (unpaired) electrons. The number of phenols is 1. The molecule has 0 saturated heterocycles. The number of H-pyrrole nitrogens is 1. The van der Waals surface area contributed by atoms with Crippen LogP contribution < -0.4 is 5.56 Å². The number of hydrogen-bond acceptors (Lipinski definition) is 3. The lowest BCUT2D eigenvalue weighted by Crippen LogP contribution is -2.07. The third-order valence-electron chi connectivity index (χ3n) is 5.41. The molecule has 2 N–H and O–H groups in total. The average molecular weight is 442 g/mol. The fraction of sp³-hybridized carbons (Fsp3) is 0. The Morgan fingerprint density at radius 1 is 1.00 bits per heavy atom. The maximum absolute atomic E-state index is 15.8. The van der Waals surface area contributed by atoms with Crippen molar-refractivity contribution >= 4 is 21.5 Å². The fourth-order valence-electron chi connectivity index (χ4n) is 4.01. The van der Waals surface area contributed by atoms with E-state index in [4.69, 9.17) is 6.42 Å². The summed E-state index contributed by atoms with van der Waals surface area (Å²) < 4.78 is 43.9. The number of nitrogens with one attached hydrogen (secondary N) is 1. The molecule has 0 spiro atoms. The summed E-state index contributed by atoms with van der Waals surface area (Å²) in [6.07, 6.45) is 6.83. The number of rotatable bonds is 2. The molecule has 7 heteroatoms. The Hall–Kier alpha value is -4.57. The van der Waals surface area contributed by atoms with Crippen LogP contribution in [0.1, 0.15) is 5.56 Å². The van der Waals surface area contributed by atoms with Gasteiger partial charge in [0.15, 0.2) is 5.82 Å². The van der Waals surface area contributed by atoms with Crippen LogP contribution in [-0.2, 0) is 0 Å². The van der Waals surface area contributed by atoms with Crippen molar-refractivity contribution in [2.24, 2.45) is 0 Å². The number of aromatic hydroxyl groups is 1. The van der Waals surface area contributed by atoms with Gasteiger partial charge in [0.05, 0.1) is 11.3 Å². The van der Waals surface area contributed by atoms with Crippen LogP contribution in [0.3, 0.4) is 0 Å². The van der Waals surface area contributed by atoms with E-state index in [1.807, 2.05) is 0 Å². The predicted octanol–water partition coefficient (Wildman–Crippen LogP) is 5.51. The van der Waals surface area contributed by atoms with Gasteiger partial charge in [0.25, 0.3) is 0 Å². The molecular formula is C26H13F3N2O2. The van der Waals surface area contributed by atoms with Crippen LogP contribution >= 0.6 is 0 Å². The van der Waals surface area contributed by atoms with Gasteiger partial charge in [0, 0.05) is 39.5 Å². The Balaban J connectivity index is 1.87. The summed E-state index contributed by atoms with van der Waals surface area (Å²) >= 11 is 0. The fourth-order valence-corrected chi connectivity index (χ4v) is 4.01. The molecule has 0 aliphatic carbocycles. The van der Waals surface area contributed by atoms with Gasteiger partial charge in [0.1, 0.15) is 23.1 Å². The third kappa shape index (κ3) is 3.29.